The molecule has 0 radical (unpaired) electrons. The van der Waals surface area contributed by atoms with Crippen LogP contribution in [0.1, 0.15) is 49.8 Å². The van der Waals surface area contributed by atoms with Crippen LogP contribution in [0.2, 0.25) is 0 Å². The van der Waals surface area contributed by atoms with E-state index in [1.54, 1.807) is 14.0 Å². The van der Waals surface area contributed by atoms with Crippen LogP contribution in [0.4, 0.5) is 19.6 Å². The van der Waals surface area contributed by atoms with E-state index in [4.69, 9.17) is 29.9 Å². The number of hydrogen-bond donors (Lipinski definition) is 2. The first-order chi connectivity index (χ1) is 24.1. The van der Waals surface area contributed by atoms with Gasteiger partial charge in [-0.05, 0) is 51.3 Å². The van der Waals surface area contributed by atoms with Crippen molar-refractivity contribution >= 4 is 43.1 Å². The number of benzene rings is 1. The van der Waals surface area contributed by atoms with E-state index in [1.165, 1.54) is 0 Å². The van der Waals surface area contributed by atoms with Gasteiger partial charge in [-0.3, -0.25) is 14.8 Å². The second-order valence-corrected chi connectivity index (χ2v) is 15.1. The molecule has 4 aromatic rings. The lowest BCUT2D eigenvalue weighted by Crippen LogP contribution is -2.55. The molecular weight excluding hydrogens is 666 g/mol. The summed E-state index contributed by atoms with van der Waals surface area (Å²) in [4.78, 5) is 21.0. The third-order valence-corrected chi connectivity index (χ3v) is 11.9. The summed E-state index contributed by atoms with van der Waals surface area (Å²) in [5.74, 6) is -0.710. The molecule has 3 aromatic heterocycles. The third-order valence-electron chi connectivity index (χ3n) is 10.9. The fourth-order valence-corrected chi connectivity index (χ4v) is 9.59. The largest absolute Gasteiger partial charge is 0.459 e. The number of rotatable bonds is 8. The summed E-state index contributed by atoms with van der Waals surface area (Å²) in [5.41, 5.74) is 7.78. The molecule has 1 aromatic carbocycles. The molecule has 6 atom stereocenters. The Balaban J connectivity index is 1.33. The number of likely N-dealkylation sites (tertiary alicyclic amines) is 2. The number of ether oxygens (including phenoxy) is 3. The van der Waals surface area contributed by atoms with Crippen LogP contribution in [-0.2, 0) is 22.7 Å². The van der Waals surface area contributed by atoms with E-state index in [2.05, 4.69) is 25.8 Å². The molecule has 3 N–H and O–H groups in total. The standard InChI is InChI=1S/C35H40F2N8O4S/c1-16(46)10-44-11-18-5-6-19(12-44)45(18)34-28-23-15-48-14-22(23)26(30-27-21(8-38)33(39)50-32(27)24(36)9-40-30)29(37)31(28)41-35(42-34)49-17(2)25-7-20(47-4)13-43(25)3/h9,16-20,25,46H,5-7,10-15,39H2,1-4H3/t16-,17?,18?,19?,20-,25+/m1/s1. The van der Waals surface area contributed by atoms with Crippen LogP contribution in [0.25, 0.3) is 32.2 Å². The van der Waals surface area contributed by atoms with Crippen molar-refractivity contribution in [1.82, 2.24) is 24.8 Å². The molecule has 3 fully saturated rings. The van der Waals surface area contributed by atoms with Crippen LogP contribution in [0, 0.1) is 23.0 Å². The van der Waals surface area contributed by atoms with Crippen LogP contribution >= 0.6 is 11.3 Å². The van der Waals surface area contributed by atoms with Gasteiger partial charge in [-0.2, -0.15) is 15.2 Å². The first-order valence-electron chi connectivity index (χ1n) is 17.1. The number of pyridine rings is 1. The van der Waals surface area contributed by atoms with E-state index in [0.29, 0.717) is 23.3 Å². The molecule has 4 aliphatic rings. The number of halogens is 2. The highest BCUT2D eigenvalue weighted by atomic mass is 32.1. The van der Waals surface area contributed by atoms with Gasteiger partial charge in [0.15, 0.2) is 11.6 Å². The molecule has 12 nitrogen and oxygen atoms in total. The van der Waals surface area contributed by atoms with Gasteiger partial charge in [-0.1, -0.05) is 0 Å². The number of aliphatic hydroxyl groups excluding tert-OH is 1. The van der Waals surface area contributed by atoms with E-state index >= 15 is 8.78 Å². The topological polar surface area (TPSA) is 146 Å². The molecule has 2 bridgehead atoms. The summed E-state index contributed by atoms with van der Waals surface area (Å²) in [6.45, 7) is 6.86. The van der Waals surface area contributed by atoms with Crippen molar-refractivity contribution < 1.29 is 28.1 Å². The van der Waals surface area contributed by atoms with Gasteiger partial charge in [0, 0.05) is 62.4 Å². The highest BCUT2D eigenvalue weighted by Gasteiger charge is 2.43. The summed E-state index contributed by atoms with van der Waals surface area (Å²) in [7, 11) is 3.73. The maximum absolute atomic E-state index is 17.5. The summed E-state index contributed by atoms with van der Waals surface area (Å²) in [5, 5.41) is 21.0. The van der Waals surface area contributed by atoms with Crippen LogP contribution in [0.3, 0.4) is 0 Å². The fourth-order valence-electron chi connectivity index (χ4n) is 8.67. The molecule has 0 amide bonds. The Labute approximate surface area is 292 Å². The fraction of sp³-hybridized carbons (Fsp3) is 0.543. The van der Waals surface area contributed by atoms with Gasteiger partial charge in [-0.25, -0.2) is 8.78 Å². The van der Waals surface area contributed by atoms with Crippen molar-refractivity contribution in [3.05, 3.63) is 34.5 Å². The minimum absolute atomic E-state index is 0.0295. The minimum atomic E-state index is -0.669. The lowest BCUT2D eigenvalue weighted by atomic mass is 9.93. The number of hydrogen-bond acceptors (Lipinski definition) is 13. The number of anilines is 2. The summed E-state index contributed by atoms with van der Waals surface area (Å²) in [6, 6.07) is 2.33. The minimum Gasteiger partial charge on any atom is -0.459 e. The smallest absolute Gasteiger partial charge is 0.319 e. The van der Waals surface area contributed by atoms with Crippen molar-refractivity contribution in [2.45, 2.75) is 82.8 Å². The van der Waals surface area contributed by atoms with Crippen molar-refractivity contribution in [2.24, 2.45) is 0 Å². The molecule has 50 heavy (non-hydrogen) atoms. The van der Waals surface area contributed by atoms with E-state index in [0.717, 1.165) is 62.0 Å². The van der Waals surface area contributed by atoms with Gasteiger partial charge in [-0.15, -0.1) is 11.3 Å². The summed E-state index contributed by atoms with van der Waals surface area (Å²) in [6.07, 6.45) is 2.95. The lowest BCUT2D eigenvalue weighted by molar-refractivity contribution is 0.106. The number of methoxy groups -OCH3 is 1. The van der Waals surface area contributed by atoms with Gasteiger partial charge in [0.05, 0.1) is 53.0 Å². The monoisotopic (exact) mass is 706 g/mol. The third kappa shape index (κ3) is 5.35. The Morgan fingerprint density at radius 1 is 1.14 bits per heavy atom. The molecular formula is C35H40F2N8O4S. The number of β-amino-alcohol motifs (C(OH)–C–C–N with tert-alkyl or cyclic N) is 1. The van der Waals surface area contributed by atoms with Crippen molar-refractivity contribution in [3.63, 3.8) is 0 Å². The van der Waals surface area contributed by atoms with E-state index < -0.39 is 17.7 Å². The first kappa shape index (κ1) is 33.4. The average Bonchev–Trinajstić information content (AvgIpc) is 3.85. The van der Waals surface area contributed by atoms with Crippen LogP contribution < -0.4 is 15.4 Å². The number of aliphatic hydroxyl groups is 1. The number of thiophene rings is 1. The Kier molecular flexibility index (Phi) is 8.52. The van der Waals surface area contributed by atoms with E-state index in [9.17, 15) is 10.4 Å². The summed E-state index contributed by atoms with van der Waals surface area (Å²) >= 11 is 0.939. The van der Waals surface area contributed by atoms with Crippen molar-refractivity contribution in [2.75, 3.05) is 51.0 Å². The first-order valence-corrected chi connectivity index (χ1v) is 17.9. The molecule has 3 unspecified atom stereocenters. The molecule has 0 aliphatic carbocycles. The zero-order valence-corrected chi connectivity index (χ0v) is 29.3. The van der Waals surface area contributed by atoms with Crippen molar-refractivity contribution in [3.8, 4) is 23.3 Å². The number of piperazine rings is 1. The number of nitrogens with zero attached hydrogens (tertiary/aromatic N) is 7. The van der Waals surface area contributed by atoms with E-state index in [1.807, 2.05) is 14.0 Å². The Morgan fingerprint density at radius 3 is 2.56 bits per heavy atom. The molecule has 8 rings (SSSR count). The van der Waals surface area contributed by atoms with Gasteiger partial charge >= 0.3 is 6.01 Å². The highest BCUT2D eigenvalue weighted by Crippen LogP contribution is 2.48. The molecule has 4 aliphatic heterocycles. The van der Waals surface area contributed by atoms with Crippen LogP contribution in [0.5, 0.6) is 6.01 Å². The molecule has 0 spiro atoms. The number of nitriles is 1. The molecule has 264 valence electrons. The zero-order chi connectivity index (χ0) is 35.0. The highest BCUT2D eigenvalue weighted by molar-refractivity contribution is 7.23. The Hall–Kier alpha value is -3.78. The Morgan fingerprint density at radius 2 is 1.88 bits per heavy atom. The quantitative estimate of drug-likeness (QED) is 0.271. The second-order valence-electron chi connectivity index (χ2n) is 14.1. The number of likely N-dealkylation sites (N-methyl/N-ethyl adjacent to an activating group) is 1. The van der Waals surface area contributed by atoms with Gasteiger partial charge < -0.3 is 30.0 Å². The average molecular weight is 707 g/mol. The van der Waals surface area contributed by atoms with Gasteiger partial charge in [0.25, 0.3) is 0 Å². The molecule has 15 heteroatoms. The van der Waals surface area contributed by atoms with E-state index in [-0.39, 0.29) is 87.0 Å². The zero-order valence-electron chi connectivity index (χ0n) is 28.4. The number of nitrogen functional groups attached to an aromatic ring is 1. The second kappa shape index (κ2) is 12.8. The maximum atomic E-state index is 17.5. The molecule has 0 saturated carbocycles. The normalized spacial score (nSPS) is 25.0. The summed E-state index contributed by atoms with van der Waals surface area (Å²) < 4.78 is 50.8. The van der Waals surface area contributed by atoms with Crippen LogP contribution in [0.15, 0.2) is 6.20 Å². The number of nitrogens with two attached hydrogens (primary N) is 1. The predicted octanol–water partition coefficient (Wildman–Crippen LogP) is 4.19. The van der Waals surface area contributed by atoms with Gasteiger partial charge in [0.2, 0.25) is 0 Å². The Bertz CT molecular complexity index is 2020. The SMILES string of the molecule is CO[C@@H]1C[C@@H](C(C)Oc2nc(N3C4CCC3CN(C[C@@H](C)O)C4)c3c4c(c(-c5ncc(F)c6sc(N)c(C#N)c56)c(F)c3n2)COC4)N(C)C1. The van der Waals surface area contributed by atoms with Gasteiger partial charge in [0.1, 0.15) is 28.5 Å². The number of fused-ring (bicyclic) bond motifs is 6. The van der Waals surface area contributed by atoms with Crippen LogP contribution in [-0.4, -0.2) is 107 Å². The number of aromatic nitrogens is 3. The molecule has 7 heterocycles. The maximum Gasteiger partial charge on any atom is 0.319 e. The lowest BCUT2D eigenvalue weighted by Gasteiger charge is -2.42. The molecule has 3 saturated heterocycles. The predicted molar refractivity (Wildman–Crippen MR) is 185 cm³/mol. The van der Waals surface area contributed by atoms with Crippen molar-refractivity contribution in [1.29, 1.82) is 5.26 Å².